The van der Waals surface area contributed by atoms with Crippen LogP contribution in [-0.2, 0) is 4.79 Å². The molecule has 1 heterocycles. The Balaban J connectivity index is 2.54. The summed E-state index contributed by atoms with van der Waals surface area (Å²) in [6.45, 7) is 14.8. The molecule has 2 atom stereocenters. The molecule has 5 heteroatoms. The first kappa shape index (κ1) is 17.9. The zero-order valence-corrected chi connectivity index (χ0v) is 14.1. The lowest BCUT2D eigenvalue weighted by molar-refractivity contribution is -0.128. The van der Waals surface area contributed by atoms with Gasteiger partial charge in [-0.2, -0.15) is 5.26 Å². The van der Waals surface area contributed by atoms with E-state index >= 15 is 0 Å². The predicted octanol–water partition coefficient (Wildman–Crippen LogP) is 1.46. The van der Waals surface area contributed by atoms with E-state index in [0.717, 1.165) is 32.7 Å². The second kappa shape index (κ2) is 7.77. The number of carbonyl (C=O) groups excluding carboxylic acids is 1. The molecule has 1 N–H and O–H groups in total. The van der Waals surface area contributed by atoms with Gasteiger partial charge in [-0.1, -0.05) is 20.8 Å². The maximum atomic E-state index is 12.4. The SMILES string of the molecule is CCCN1CCN([C@H](C)C(=O)N[C@](C)(C#N)C(C)C)CC1. The van der Waals surface area contributed by atoms with E-state index in [0.29, 0.717) is 0 Å². The lowest BCUT2D eigenvalue weighted by atomic mass is 9.89. The van der Waals surface area contributed by atoms with Crippen molar-refractivity contribution in [2.24, 2.45) is 5.92 Å². The van der Waals surface area contributed by atoms with Gasteiger partial charge in [0.2, 0.25) is 5.91 Å². The monoisotopic (exact) mass is 294 g/mol. The van der Waals surface area contributed by atoms with Crippen molar-refractivity contribution in [3.8, 4) is 6.07 Å². The normalized spacial score (nSPS) is 21.6. The Labute approximate surface area is 129 Å². The van der Waals surface area contributed by atoms with Crippen molar-refractivity contribution in [3.05, 3.63) is 0 Å². The highest BCUT2D eigenvalue weighted by molar-refractivity contribution is 5.82. The molecule has 0 saturated carbocycles. The average molecular weight is 294 g/mol. The van der Waals surface area contributed by atoms with Gasteiger partial charge in [0.05, 0.1) is 12.1 Å². The van der Waals surface area contributed by atoms with E-state index in [4.69, 9.17) is 0 Å². The fraction of sp³-hybridized carbons (Fsp3) is 0.875. The number of rotatable bonds is 6. The zero-order chi connectivity index (χ0) is 16.0. The Morgan fingerprint density at radius 1 is 1.29 bits per heavy atom. The fourth-order valence-electron chi connectivity index (χ4n) is 2.52. The molecule has 5 nitrogen and oxygen atoms in total. The summed E-state index contributed by atoms with van der Waals surface area (Å²) in [5.41, 5.74) is -0.796. The van der Waals surface area contributed by atoms with Gasteiger partial charge in [-0.3, -0.25) is 9.69 Å². The van der Waals surface area contributed by atoms with Gasteiger partial charge >= 0.3 is 0 Å². The molecule has 0 radical (unpaired) electrons. The predicted molar refractivity (Wildman–Crippen MR) is 84.8 cm³/mol. The molecule has 0 aromatic rings. The van der Waals surface area contributed by atoms with Crippen LogP contribution in [0.3, 0.4) is 0 Å². The van der Waals surface area contributed by atoms with E-state index in [1.165, 1.54) is 6.42 Å². The van der Waals surface area contributed by atoms with Crippen molar-refractivity contribution in [1.82, 2.24) is 15.1 Å². The first-order chi connectivity index (χ1) is 9.84. The highest BCUT2D eigenvalue weighted by Crippen LogP contribution is 2.16. The van der Waals surface area contributed by atoms with Crippen LogP contribution in [0.5, 0.6) is 0 Å². The van der Waals surface area contributed by atoms with Crippen molar-refractivity contribution in [3.63, 3.8) is 0 Å². The maximum absolute atomic E-state index is 12.4. The Hall–Kier alpha value is -1.12. The van der Waals surface area contributed by atoms with Crippen LogP contribution in [0.25, 0.3) is 0 Å². The summed E-state index contributed by atoms with van der Waals surface area (Å²) in [6.07, 6.45) is 1.17. The topological polar surface area (TPSA) is 59.4 Å². The molecule has 0 aromatic carbocycles. The quantitative estimate of drug-likeness (QED) is 0.805. The van der Waals surface area contributed by atoms with Crippen LogP contribution in [-0.4, -0.2) is 60.0 Å². The summed E-state index contributed by atoms with van der Waals surface area (Å²) in [7, 11) is 0. The van der Waals surface area contributed by atoms with Crippen LogP contribution in [0, 0.1) is 17.2 Å². The van der Waals surface area contributed by atoms with Gasteiger partial charge in [0, 0.05) is 26.2 Å². The molecule has 1 saturated heterocycles. The number of piperazine rings is 1. The molecular weight excluding hydrogens is 264 g/mol. The van der Waals surface area contributed by atoms with Gasteiger partial charge in [-0.05, 0) is 32.7 Å². The third kappa shape index (κ3) is 4.69. The maximum Gasteiger partial charge on any atom is 0.238 e. The second-order valence-corrected chi connectivity index (χ2v) is 6.51. The number of hydrogen-bond acceptors (Lipinski definition) is 4. The zero-order valence-electron chi connectivity index (χ0n) is 14.1. The average Bonchev–Trinajstić information content (AvgIpc) is 2.47. The van der Waals surface area contributed by atoms with Gasteiger partial charge < -0.3 is 10.2 Å². The summed E-state index contributed by atoms with van der Waals surface area (Å²) in [5.74, 6) is 0.0387. The number of carbonyl (C=O) groups is 1. The minimum Gasteiger partial charge on any atom is -0.336 e. The Kier molecular flexibility index (Phi) is 6.63. The molecule has 0 aliphatic carbocycles. The first-order valence-corrected chi connectivity index (χ1v) is 8.03. The summed E-state index contributed by atoms with van der Waals surface area (Å²) in [4.78, 5) is 17.1. The van der Waals surface area contributed by atoms with Crippen molar-refractivity contribution in [1.29, 1.82) is 5.26 Å². The van der Waals surface area contributed by atoms with E-state index in [9.17, 15) is 10.1 Å². The Bertz CT molecular complexity index is 382. The molecule has 1 aliphatic heterocycles. The Morgan fingerprint density at radius 2 is 1.86 bits per heavy atom. The van der Waals surface area contributed by atoms with Crippen molar-refractivity contribution < 1.29 is 4.79 Å². The number of nitriles is 1. The van der Waals surface area contributed by atoms with Crippen LogP contribution in [0.4, 0.5) is 0 Å². The second-order valence-electron chi connectivity index (χ2n) is 6.51. The number of nitrogens with zero attached hydrogens (tertiary/aromatic N) is 3. The van der Waals surface area contributed by atoms with E-state index < -0.39 is 5.54 Å². The minimum absolute atomic E-state index is 0.0447. The molecule has 0 aromatic heterocycles. The van der Waals surface area contributed by atoms with Gasteiger partial charge in [-0.15, -0.1) is 0 Å². The molecule has 1 rings (SSSR count). The summed E-state index contributed by atoms with van der Waals surface area (Å²) >= 11 is 0. The van der Waals surface area contributed by atoms with Gasteiger partial charge in [0.15, 0.2) is 0 Å². The summed E-state index contributed by atoms with van der Waals surface area (Å²) in [5, 5.41) is 12.2. The molecule has 21 heavy (non-hydrogen) atoms. The highest BCUT2D eigenvalue weighted by Gasteiger charge is 2.33. The third-order valence-electron chi connectivity index (χ3n) is 4.64. The lowest BCUT2D eigenvalue weighted by Gasteiger charge is -2.38. The number of hydrogen-bond donors (Lipinski definition) is 1. The summed E-state index contributed by atoms with van der Waals surface area (Å²) < 4.78 is 0. The van der Waals surface area contributed by atoms with Gasteiger partial charge in [0.25, 0.3) is 0 Å². The minimum atomic E-state index is -0.796. The van der Waals surface area contributed by atoms with Gasteiger partial charge in [-0.25, -0.2) is 0 Å². The van der Waals surface area contributed by atoms with Crippen molar-refractivity contribution in [2.45, 2.75) is 52.6 Å². The van der Waals surface area contributed by atoms with Crippen LogP contribution in [0.15, 0.2) is 0 Å². The number of nitrogens with one attached hydrogen (secondary N) is 1. The summed E-state index contributed by atoms with van der Waals surface area (Å²) in [6, 6.07) is 2.05. The lowest BCUT2D eigenvalue weighted by Crippen LogP contribution is -2.58. The van der Waals surface area contributed by atoms with Crippen LogP contribution >= 0.6 is 0 Å². The third-order valence-corrected chi connectivity index (χ3v) is 4.64. The van der Waals surface area contributed by atoms with Crippen molar-refractivity contribution >= 4 is 5.91 Å². The van der Waals surface area contributed by atoms with E-state index in [2.05, 4.69) is 28.1 Å². The smallest absolute Gasteiger partial charge is 0.238 e. The largest absolute Gasteiger partial charge is 0.336 e. The van der Waals surface area contributed by atoms with Crippen LogP contribution in [0.1, 0.15) is 41.0 Å². The molecule has 0 unspecified atom stereocenters. The Morgan fingerprint density at radius 3 is 2.29 bits per heavy atom. The van der Waals surface area contributed by atoms with Crippen LogP contribution in [0.2, 0.25) is 0 Å². The van der Waals surface area contributed by atoms with E-state index in [-0.39, 0.29) is 17.9 Å². The van der Waals surface area contributed by atoms with E-state index in [1.54, 1.807) is 6.92 Å². The first-order valence-electron chi connectivity index (χ1n) is 8.03. The molecule has 1 fully saturated rings. The van der Waals surface area contributed by atoms with E-state index in [1.807, 2.05) is 20.8 Å². The molecule has 0 spiro atoms. The molecule has 120 valence electrons. The standard InChI is InChI=1S/C16H30N4O/c1-6-7-19-8-10-20(11-9-19)14(4)15(21)18-16(5,12-17)13(2)3/h13-14H,6-11H2,1-5H3,(H,18,21)/t14-,16-/m1/s1. The number of amides is 1. The molecule has 0 bridgehead atoms. The fourth-order valence-corrected chi connectivity index (χ4v) is 2.52. The van der Waals surface area contributed by atoms with Crippen LogP contribution < -0.4 is 5.32 Å². The molecule has 1 aliphatic rings. The van der Waals surface area contributed by atoms with Crippen molar-refractivity contribution in [2.75, 3.05) is 32.7 Å². The van der Waals surface area contributed by atoms with Gasteiger partial charge in [0.1, 0.15) is 5.54 Å². The molecule has 1 amide bonds. The highest BCUT2D eigenvalue weighted by atomic mass is 16.2. The molecular formula is C16H30N4O.